The monoisotopic (exact) mass is 405 g/mol. The minimum atomic E-state index is -0.157. The summed E-state index contributed by atoms with van der Waals surface area (Å²) in [5.41, 5.74) is 2.51. The second-order valence-electron chi connectivity index (χ2n) is 7.16. The Bertz CT molecular complexity index is 1030. The number of para-hydroxylation sites is 2. The van der Waals surface area contributed by atoms with Gasteiger partial charge in [-0.25, -0.2) is 9.67 Å². The predicted octanol–water partition coefficient (Wildman–Crippen LogP) is 2.60. The van der Waals surface area contributed by atoms with Gasteiger partial charge in [-0.2, -0.15) is 5.10 Å². The number of ether oxygens (including phenoxy) is 1. The highest BCUT2D eigenvalue weighted by molar-refractivity contribution is 6.00. The van der Waals surface area contributed by atoms with E-state index in [1.165, 1.54) is 11.2 Å². The summed E-state index contributed by atoms with van der Waals surface area (Å²) in [6, 6.07) is 14.9. The Hall–Kier alpha value is -3.68. The highest BCUT2D eigenvalue weighted by atomic mass is 16.5. The van der Waals surface area contributed by atoms with Gasteiger partial charge in [-0.3, -0.25) is 14.5 Å². The van der Waals surface area contributed by atoms with Crippen molar-refractivity contribution in [3.05, 3.63) is 66.7 Å². The number of fused-ring (bicyclic) bond motifs is 1. The van der Waals surface area contributed by atoms with E-state index in [0.29, 0.717) is 18.0 Å². The number of likely N-dealkylation sites (N-methyl/N-ethyl adjacent to an activating group) is 1. The number of nitrogens with zero attached hydrogens (tertiary/aromatic N) is 5. The molecule has 30 heavy (non-hydrogen) atoms. The fraction of sp³-hybridized carbons (Fsp3) is 0.273. The number of anilines is 1. The molecule has 0 saturated heterocycles. The van der Waals surface area contributed by atoms with Crippen LogP contribution in [0.4, 0.5) is 5.69 Å². The number of hydrogen-bond donors (Lipinski definition) is 0. The van der Waals surface area contributed by atoms with Crippen molar-refractivity contribution in [1.82, 2.24) is 19.7 Å². The molecule has 2 aromatic carbocycles. The molecule has 0 aliphatic carbocycles. The SMILES string of the molecule is C[C@H](c1ccc(-n2cncn2)cc1)N(C)C(=O)CN1C(=O)CCOc2ccccc21. The molecule has 1 atom stereocenters. The van der Waals surface area contributed by atoms with Crippen molar-refractivity contribution in [1.29, 1.82) is 0 Å². The Morgan fingerprint density at radius 2 is 1.97 bits per heavy atom. The topological polar surface area (TPSA) is 80.6 Å². The number of aromatic nitrogens is 3. The smallest absolute Gasteiger partial charge is 0.242 e. The maximum atomic E-state index is 13.0. The first-order valence-corrected chi connectivity index (χ1v) is 9.77. The fourth-order valence-electron chi connectivity index (χ4n) is 3.43. The molecule has 2 heterocycles. The Morgan fingerprint density at radius 1 is 1.20 bits per heavy atom. The molecule has 8 heteroatoms. The van der Waals surface area contributed by atoms with Crippen LogP contribution in [0.5, 0.6) is 5.75 Å². The summed E-state index contributed by atoms with van der Waals surface area (Å²) in [4.78, 5) is 32.7. The van der Waals surface area contributed by atoms with Crippen LogP contribution in [-0.4, -0.2) is 51.7 Å². The van der Waals surface area contributed by atoms with Gasteiger partial charge in [0.15, 0.2) is 0 Å². The Kier molecular flexibility index (Phi) is 5.47. The molecule has 0 unspecified atom stereocenters. The normalized spacial score (nSPS) is 14.5. The third kappa shape index (κ3) is 3.89. The molecule has 0 radical (unpaired) electrons. The molecule has 1 aliphatic heterocycles. The number of hydrogen-bond acceptors (Lipinski definition) is 5. The third-order valence-corrected chi connectivity index (χ3v) is 5.36. The molecule has 0 fully saturated rings. The number of benzene rings is 2. The quantitative estimate of drug-likeness (QED) is 0.652. The van der Waals surface area contributed by atoms with Crippen molar-refractivity contribution >= 4 is 17.5 Å². The first-order valence-electron chi connectivity index (χ1n) is 9.77. The van der Waals surface area contributed by atoms with Gasteiger partial charge in [0.2, 0.25) is 11.8 Å². The summed E-state index contributed by atoms with van der Waals surface area (Å²) in [7, 11) is 1.75. The van der Waals surface area contributed by atoms with E-state index in [1.54, 1.807) is 29.0 Å². The second-order valence-corrected chi connectivity index (χ2v) is 7.16. The van der Waals surface area contributed by atoms with E-state index in [9.17, 15) is 9.59 Å². The molecular formula is C22H23N5O3. The van der Waals surface area contributed by atoms with Crippen LogP contribution in [0.2, 0.25) is 0 Å². The largest absolute Gasteiger partial charge is 0.491 e. The Labute approximate surface area is 174 Å². The van der Waals surface area contributed by atoms with E-state index in [1.807, 2.05) is 49.4 Å². The first kappa shape index (κ1) is 19.6. The summed E-state index contributed by atoms with van der Waals surface area (Å²) >= 11 is 0. The third-order valence-electron chi connectivity index (χ3n) is 5.36. The van der Waals surface area contributed by atoms with Crippen LogP contribution < -0.4 is 9.64 Å². The molecule has 0 spiro atoms. The van der Waals surface area contributed by atoms with E-state index in [4.69, 9.17) is 4.74 Å². The van der Waals surface area contributed by atoms with Gasteiger partial charge in [-0.05, 0) is 36.8 Å². The summed E-state index contributed by atoms with van der Waals surface area (Å²) in [5.74, 6) is 0.356. The molecule has 0 saturated carbocycles. The van der Waals surface area contributed by atoms with Crippen molar-refractivity contribution in [2.75, 3.05) is 25.1 Å². The molecule has 0 N–H and O–H groups in total. The van der Waals surface area contributed by atoms with Gasteiger partial charge in [0.25, 0.3) is 0 Å². The minimum Gasteiger partial charge on any atom is -0.491 e. The van der Waals surface area contributed by atoms with Crippen LogP contribution in [-0.2, 0) is 9.59 Å². The Morgan fingerprint density at radius 3 is 2.70 bits per heavy atom. The lowest BCUT2D eigenvalue weighted by atomic mass is 10.1. The van der Waals surface area contributed by atoms with Crippen molar-refractivity contribution in [3.8, 4) is 11.4 Å². The first-order chi connectivity index (χ1) is 14.5. The van der Waals surface area contributed by atoms with Gasteiger partial charge >= 0.3 is 0 Å². The summed E-state index contributed by atoms with van der Waals surface area (Å²) in [6.45, 7) is 2.24. The zero-order valence-electron chi connectivity index (χ0n) is 16.9. The maximum Gasteiger partial charge on any atom is 0.242 e. The van der Waals surface area contributed by atoms with Crippen LogP contribution in [0.25, 0.3) is 5.69 Å². The molecule has 0 bridgehead atoms. The lowest BCUT2D eigenvalue weighted by Gasteiger charge is -2.29. The molecule has 3 aromatic rings. The number of rotatable bonds is 5. The number of amides is 2. The van der Waals surface area contributed by atoms with Gasteiger partial charge in [-0.15, -0.1) is 0 Å². The van der Waals surface area contributed by atoms with Gasteiger partial charge in [0.05, 0.1) is 30.4 Å². The minimum absolute atomic E-state index is 0.0307. The summed E-state index contributed by atoms with van der Waals surface area (Å²) in [5, 5.41) is 4.12. The maximum absolute atomic E-state index is 13.0. The Balaban J connectivity index is 1.48. The lowest BCUT2D eigenvalue weighted by Crippen LogP contribution is -2.42. The molecule has 2 amide bonds. The van der Waals surface area contributed by atoms with Crippen LogP contribution in [0.3, 0.4) is 0 Å². The van der Waals surface area contributed by atoms with Crippen LogP contribution in [0, 0.1) is 0 Å². The average molecular weight is 405 g/mol. The van der Waals surface area contributed by atoms with Crippen molar-refractivity contribution in [3.63, 3.8) is 0 Å². The molecule has 154 valence electrons. The molecule has 1 aromatic heterocycles. The highest BCUT2D eigenvalue weighted by Crippen LogP contribution is 2.31. The number of carbonyl (C=O) groups excluding carboxylic acids is 2. The van der Waals surface area contributed by atoms with E-state index >= 15 is 0 Å². The lowest BCUT2D eigenvalue weighted by molar-refractivity contribution is -0.132. The van der Waals surface area contributed by atoms with Gasteiger partial charge < -0.3 is 9.64 Å². The van der Waals surface area contributed by atoms with Crippen molar-refractivity contribution in [2.45, 2.75) is 19.4 Å². The fourth-order valence-corrected chi connectivity index (χ4v) is 3.43. The van der Waals surface area contributed by atoms with Crippen molar-refractivity contribution < 1.29 is 14.3 Å². The number of carbonyl (C=O) groups is 2. The van der Waals surface area contributed by atoms with Gasteiger partial charge in [-0.1, -0.05) is 24.3 Å². The molecule has 8 nitrogen and oxygen atoms in total. The van der Waals surface area contributed by atoms with Crippen molar-refractivity contribution in [2.24, 2.45) is 0 Å². The van der Waals surface area contributed by atoms with E-state index in [-0.39, 0.29) is 30.8 Å². The molecule has 4 rings (SSSR count). The molecular weight excluding hydrogens is 382 g/mol. The van der Waals surface area contributed by atoms with E-state index < -0.39 is 0 Å². The van der Waals surface area contributed by atoms with Gasteiger partial charge in [0.1, 0.15) is 24.9 Å². The highest BCUT2D eigenvalue weighted by Gasteiger charge is 2.27. The van der Waals surface area contributed by atoms with Crippen LogP contribution in [0.1, 0.15) is 24.9 Å². The van der Waals surface area contributed by atoms with Crippen LogP contribution >= 0.6 is 0 Å². The second kappa shape index (κ2) is 8.36. The zero-order chi connectivity index (χ0) is 21.1. The van der Waals surface area contributed by atoms with E-state index in [2.05, 4.69) is 10.1 Å². The standard InChI is InChI=1S/C22H23N5O3/c1-16(17-7-9-18(10-8-17)27-15-23-14-24-27)25(2)22(29)13-26-19-5-3-4-6-20(19)30-12-11-21(26)28/h3-10,14-16H,11-13H2,1-2H3/t16-/m1/s1. The molecule has 1 aliphatic rings. The predicted molar refractivity (Wildman–Crippen MR) is 111 cm³/mol. The summed E-state index contributed by atoms with van der Waals surface area (Å²) in [6.07, 6.45) is 3.36. The average Bonchev–Trinajstić information content (AvgIpc) is 3.26. The summed E-state index contributed by atoms with van der Waals surface area (Å²) < 4.78 is 7.33. The van der Waals surface area contributed by atoms with E-state index in [0.717, 1.165) is 11.3 Å². The van der Waals surface area contributed by atoms with Crippen LogP contribution in [0.15, 0.2) is 61.2 Å². The zero-order valence-corrected chi connectivity index (χ0v) is 16.9. The van der Waals surface area contributed by atoms with Gasteiger partial charge in [0, 0.05) is 7.05 Å².